The normalized spacial score (nSPS) is 11.8. The van der Waals surface area contributed by atoms with E-state index in [1.807, 2.05) is 32.9 Å². The maximum Gasteiger partial charge on any atom is 0.271 e. The first-order valence-electron chi connectivity index (χ1n) is 9.16. The molecule has 0 aliphatic rings. The number of ether oxygens (including phenoxy) is 1. The van der Waals surface area contributed by atoms with E-state index in [0.29, 0.717) is 5.69 Å². The molecule has 0 spiro atoms. The minimum absolute atomic E-state index is 0.105. The van der Waals surface area contributed by atoms with Crippen LogP contribution in [0.15, 0.2) is 53.3 Å². The van der Waals surface area contributed by atoms with E-state index in [1.165, 1.54) is 36.4 Å². The molecule has 1 aromatic heterocycles. The highest BCUT2D eigenvalue weighted by Gasteiger charge is 2.18. The lowest BCUT2D eigenvalue weighted by Gasteiger charge is -2.17. The minimum Gasteiger partial charge on any atom is -0.463 e. The summed E-state index contributed by atoms with van der Waals surface area (Å²) in [6.45, 7) is 7.46. The van der Waals surface area contributed by atoms with Gasteiger partial charge in [-0.05, 0) is 63.1 Å². The van der Waals surface area contributed by atoms with Crippen molar-refractivity contribution in [2.45, 2.75) is 33.8 Å². The second-order valence-corrected chi connectivity index (χ2v) is 6.92. The van der Waals surface area contributed by atoms with E-state index in [2.05, 4.69) is 10.4 Å². The number of nitrogens with one attached hydrogen (secondary N) is 1. The van der Waals surface area contributed by atoms with Crippen molar-refractivity contribution in [1.29, 1.82) is 0 Å². The molecule has 1 atom stereocenters. The minimum atomic E-state index is -0.846. The van der Waals surface area contributed by atoms with Crippen LogP contribution >= 0.6 is 0 Å². The van der Waals surface area contributed by atoms with Crippen LogP contribution < -0.4 is 15.6 Å². The van der Waals surface area contributed by atoms with Crippen molar-refractivity contribution in [3.63, 3.8) is 0 Å². The van der Waals surface area contributed by atoms with E-state index < -0.39 is 17.5 Å². The summed E-state index contributed by atoms with van der Waals surface area (Å²) in [5, 5.41) is 7.02. The maximum atomic E-state index is 13.1. The zero-order valence-electron chi connectivity index (χ0n) is 16.7. The molecule has 0 saturated heterocycles. The number of aromatic nitrogens is 2. The van der Waals surface area contributed by atoms with Crippen LogP contribution in [0.2, 0.25) is 0 Å². The Morgan fingerprint density at radius 2 is 1.69 bits per heavy atom. The Morgan fingerprint density at radius 3 is 2.31 bits per heavy atom. The average Bonchev–Trinajstić information content (AvgIpc) is 2.66. The van der Waals surface area contributed by atoms with Crippen LogP contribution in [0.25, 0.3) is 5.69 Å². The molecule has 0 radical (unpaired) electrons. The molecule has 0 aliphatic heterocycles. The third kappa shape index (κ3) is 4.68. The average molecular weight is 395 g/mol. The predicted molar refractivity (Wildman–Crippen MR) is 109 cm³/mol. The van der Waals surface area contributed by atoms with E-state index in [0.717, 1.165) is 27.1 Å². The summed E-state index contributed by atoms with van der Waals surface area (Å²) in [6, 6.07) is 12.0. The molecule has 0 aliphatic carbocycles. The molecule has 29 heavy (non-hydrogen) atoms. The third-order valence-electron chi connectivity index (χ3n) is 4.44. The van der Waals surface area contributed by atoms with Gasteiger partial charge in [0.25, 0.3) is 11.5 Å². The molecule has 3 rings (SSSR count). The van der Waals surface area contributed by atoms with Gasteiger partial charge in [0.05, 0.1) is 5.69 Å². The number of hydrogen-bond donors (Lipinski definition) is 1. The van der Waals surface area contributed by atoms with Gasteiger partial charge in [0.2, 0.25) is 5.88 Å². The Hall–Kier alpha value is -3.48. The number of amides is 1. The molecule has 1 N–H and O–H groups in total. The lowest BCUT2D eigenvalue weighted by atomic mass is 10.0. The summed E-state index contributed by atoms with van der Waals surface area (Å²) in [5.41, 5.74) is 3.80. The van der Waals surface area contributed by atoms with Gasteiger partial charge in [-0.3, -0.25) is 9.59 Å². The van der Waals surface area contributed by atoms with Crippen LogP contribution in [0.3, 0.4) is 0 Å². The molecule has 2 aromatic carbocycles. The zero-order valence-corrected chi connectivity index (χ0v) is 16.7. The highest BCUT2D eigenvalue weighted by molar-refractivity contribution is 5.95. The van der Waals surface area contributed by atoms with Gasteiger partial charge in [0, 0.05) is 17.8 Å². The lowest BCUT2D eigenvalue weighted by Crippen LogP contribution is -2.32. The summed E-state index contributed by atoms with van der Waals surface area (Å²) in [7, 11) is 0. The molecule has 1 unspecified atom stereocenters. The van der Waals surface area contributed by atoms with Crippen molar-refractivity contribution in [2.24, 2.45) is 0 Å². The topological polar surface area (TPSA) is 73.2 Å². The number of aryl methyl sites for hydroxylation is 3. The fraction of sp³-hybridized carbons (Fsp3) is 0.227. The lowest BCUT2D eigenvalue weighted by molar-refractivity contribution is -0.122. The highest BCUT2D eigenvalue weighted by Crippen LogP contribution is 2.22. The Balaban J connectivity index is 1.78. The van der Waals surface area contributed by atoms with Crippen LogP contribution in [0, 0.1) is 26.6 Å². The first kappa shape index (κ1) is 20.3. The standard InChI is InChI=1S/C22H22FN3O3/c1-13-11-14(2)21(15(3)12-13)24-22(28)16(4)29-19-9-10-20(27)26(25-19)18-7-5-17(23)6-8-18/h5-12,16H,1-4H3,(H,24,28). The predicted octanol–water partition coefficient (Wildman–Crippen LogP) is 3.70. The molecule has 1 amide bonds. The van der Waals surface area contributed by atoms with Crippen molar-refractivity contribution >= 4 is 11.6 Å². The van der Waals surface area contributed by atoms with E-state index >= 15 is 0 Å². The van der Waals surface area contributed by atoms with Crippen LogP contribution in [-0.4, -0.2) is 21.8 Å². The smallest absolute Gasteiger partial charge is 0.271 e. The number of hydrogen-bond acceptors (Lipinski definition) is 4. The van der Waals surface area contributed by atoms with Crippen LogP contribution in [0.5, 0.6) is 5.88 Å². The van der Waals surface area contributed by atoms with Crippen molar-refractivity contribution in [3.8, 4) is 11.6 Å². The Bertz CT molecular complexity index is 1080. The molecule has 0 saturated carbocycles. The summed E-state index contributed by atoms with van der Waals surface area (Å²) in [5.74, 6) is -0.642. The van der Waals surface area contributed by atoms with E-state index in [9.17, 15) is 14.0 Å². The van der Waals surface area contributed by atoms with Gasteiger partial charge in [0.15, 0.2) is 6.10 Å². The number of rotatable bonds is 5. The van der Waals surface area contributed by atoms with Crippen LogP contribution in [0.1, 0.15) is 23.6 Å². The monoisotopic (exact) mass is 395 g/mol. The van der Waals surface area contributed by atoms with Crippen molar-refractivity contribution in [1.82, 2.24) is 9.78 Å². The molecule has 7 heteroatoms. The van der Waals surface area contributed by atoms with Crippen LogP contribution in [-0.2, 0) is 4.79 Å². The summed E-state index contributed by atoms with van der Waals surface area (Å²) < 4.78 is 19.9. The van der Waals surface area contributed by atoms with Crippen molar-refractivity contribution in [3.05, 3.63) is 81.4 Å². The first-order valence-corrected chi connectivity index (χ1v) is 9.16. The van der Waals surface area contributed by atoms with Gasteiger partial charge in [-0.15, -0.1) is 5.10 Å². The summed E-state index contributed by atoms with van der Waals surface area (Å²) in [6.07, 6.45) is -0.846. The largest absolute Gasteiger partial charge is 0.463 e. The Morgan fingerprint density at radius 1 is 1.07 bits per heavy atom. The summed E-state index contributed by atoms with van der Waals surface area (Å²) in [4.78, 5) is 24.7. The third-order valence-corrected chi connectivity index (χ3v) is 4.44. The number of halogens is 1. The molecule has 0 fully saturated rings. The number of benzene rings is 2. The second-order valence-electron chi connectivity index (χ2n) is 6.92. The van der Waals surface area contributed by atoms with E-state index in [-0.39, 0.29) is 11.8 Å². The SMILES string of the molecule is Cc1cc(C)c(NC(=O)C(C)Oc2ccc(=O)n(-c3ccc(F)cc3)n2)c(C)c1. The maximum absolute atomic E-state index is 13.1. The Kier molecular flexibility index (Phi) is 5.77. The number of anilines is 1. The quantitative estimate of drug-likeness (QED) is 0.715. The number of nitrogens with zero attached hydrogens (tertiary/aromatic N) is 2. The molecular weight excluding hydrogens is 373 g/mol. The fourth-order valence-corrected chi connectivity index (χ4v) is 3.06. The fourth-order valence-electron chi connectivity index (χ4n) is 3.06. The Labute approximate surface area is 168 Å². The van der Waals surface area contributed by atoms with Gasteiger partial charge in [0.1, 0.15) is 5.82 Å². The van der Waals surface area contributed by atoms with Crippen molar-refractivity contribution < 1.29 is 13.9 Å². The molecule has 6 nitrogen and oxygen atoms in total. The van der Waals surface area contributed by atoms with E-state index in [4.69, 9.17) is 4.74 Å². The van der Waals surface area contributed by atoms with Crippen LogP contribution in [0.4, 0.5) is 10.1 Å². The molecule has 0 bridgehead atoms. The van der Waals surface area contributed by atoms with Gasteiger partial charge in [-0.25, -0.2) is 4.39 Å². The van der Waals surface area contributed by atoms with Gasteiger partial charge >= 0.3 is 0 Å². The van der Waals surface area contributed by atoms with Gasteiger partial charge < -0.3 is 10.1 Å². The first-order chi connectivity index (χ1) is 13.7. The zero-order chi connectivity index (χ0) is 21.1. The number of carbonyl (C=O) groups is 1. The molecule has 150 valence electrons. The summed E-state index contributed by atoms with van der Waals surface area (Å²) >= 11 is 0. The molecule has 3 aromatic rings. The molecular formula is C22H22FN3O3. The number of carbonyl (C=O) groups excluding carboxylic acids is 1. The van der Waals surface area contributed by atoms with Crippen molar-refractivity contribution in [2.75, 3.05) is 5.32 Å². The molecule has 1 heterocycles. The van der Waals surface area contributed by atoms with Gasteiger partial charge in [-0.2, -0.15) is 4.68 Å². The second kappa shape index (κ2) is 8.26. The highest BCUT2D eigenvalue weighted by atomic mass is 19.1. The van der Waals surface area contributed by atoms with Gasteiger partial charge in [-0.1, -0.05) is 17.7 Å². The van der Waals surface area contributed by atoms with E-state index in [1.54, 1.807) is 6.92 Å².